The summed E-state index contributed by atoms with van der Waals surface area (Å²) in [5.74, 6) is 1.91. The van der Waals surface area contributed by atoms with Gasteiger partial charge in [-0.25, -0.2) is 0 Å². The highest BCUT2D eigenvalue weighted by atomic mass is 16.5. The zero-order valence-corrected chi connectivity index (χ0v) is 10.1. The Morgan fingerprint density at radius 1 is 1.56 bits per heavy atom. The van der Waals surface area contributed by atoms with E-state index in [0.29, 0.717) is 0 Å². The first kappa shape index (κ1) is 11.3. The van der Waals surface area contributed by atoms with E-state index in [1.54, 1.807) is 7.11 Å². The van der Waals surface area contributed by atoms with Gasteiger partial charge in [0, 0.05) is 18.0 Å². The van der Waals surface area contributed by atoms with E-state index in [-0.39, 0.29) is 12.1 Å². The largest absolute Gasteiger partial charge is 0.496 e. The second-order valence-electron chi connectivity index (χ2n) is 4.59. The highest BCUT2D eigenvalue weighted by Gasteiger charge is 2.21. The summed E-state index contributed by atoms with van der Waals surface area (Å²) in [6.45, 7) is 4.08. The van der Waals surface area contributed by atoms with Crippen molar-refractivity contribution in [1.29, 1.82) is 0 Å². The summed E-state index contributed by atoms with van der Waals surface area (Å²) in [6.07, 6.45) is 2.04. The molecule has 1 aliphatic rings. The zero-order chi connectivity index (χ0) is 11.7. The lowest BCUT2D eigenvalue weighted by molar-refractivity contribution is 0.254. The third-order valence-corrected chi connectivity index (χ3v) is 2.84. The molecule has 3 nitrogen and oxygen atoms in total. The fraction of sp³-hybridized carbons (Fsp3) is 0.538. The highest BCUT2D eigenvalue weighted by molar-refractivity contribution is 5.48. The van der Waals surface area contributed by atoms with Gasteiger partial charge in [0.15, 0.2) is 0 Å². The SMILES string of the molecule is COc1cc2c(cc1CC(C)N)OC(C)C2. The van der Waals surface area contributed by atoms with Crippen LogP contribution in [0.3, 0.4) is 0 Å². The predicted octanol–water partition coefficient (Wildman–Crippen LogP) is 1.91. The molecule has 2 unspecified atom stereocenters. The van der Waals surface area contributed by atoms with Gasteiger partial charge in [-0.3, -0.25) is 0 Å². The Morgan fingerprint density at radius 3 is 2.94 bits per heavy atom. The topological polar surface area (TPSA) is 44.5 Å². The van der Waals surface area contributed by atoms with Gasteiger partial charge in [0.2, 0.25) is 0 Å². The summed E-state index contributed by atoms with van der Waals surface area (Å²) in [5.41, 5.74) is 8.19. The molecular formula is C13H19NO2. The lowest BCUT2D eigenvalue weighted by Crippen LogP contribution is -2.18. The van der Waals surface area contributed by atoms with Crippen LogP contribution in [0.2, 0.25) is 0 Å². The summed E-state index contributed by atoms with van der Waals surface area (Å²) in [7, 11) is 1.70. The third kappa shape index (κ3) is 2.14. The number of fused-ring (bicyclic) bond motifs is 1. The van der Waals surface area contributed by atoms with Crippen LogP contribution in [0.5, 0.6) is 11.5 Å². The second kappa shape index (κ2) is 4.34. The van der Waals surface area contributed by atoms with Gasteiger partial charge in [-0.1, -0.05) is 0 Å². The van der Waals surface area contributed by atoms with Crippen molar-refractivity contribution in [2.24, 2.45) is 5.73 Å². The summed E-state index contributed by atoms with van der Waals surface area (Å²) in [6, 6.07) is 4.28. The van der Waals surface area contributed by atoms with E-state index in [4.69, 9.17) is 15.2 Å². The number of benzene rings is 1. The second-order valence-corrected chi connectivity index (χ2v) is 4.59. The average molecular weight is 221 g/mol. The van der Waals surface area contributed by atoms with E-state index < -0.39 is 0 Å². The van der Waals surface area contributed by atoms with Crippen LogP contribution < -0.4 is 15.2 Å². The van der Waals surface area contributed by atoms with Crippen LogP contribution in [0, 0.1) is 0 Å². The van der Waals surface area contributed by atoms with Crippen molar-refractivity contribution in [2.45, 2.75) is 38.8 Å². The van der Waals surface area contributed by atoms with Gasteiger partial charge in [-0.15, -0.1) is 0 Å². The van der Waals surface area contributed by atoms with E-state index in [0.717, 1.165) is 29.9 Å². The Bertz CT molecular complexity index is 388. The lowest BCUT2D eigenvalue weighted by Gasteiger charge is -2.12. The van der Waals surface area contributed by atoms with Gasteiger partial charge in [0.25, 0.3) is 0 Å². The normalized spacial score (nSPS) is 20.1. The van der Waals surface area contributed by atoms with Crippen LogP contribution in [-0.2, 0) is 12.8 Å². The first-order valence-corrected chi connectivity index (χ1v) is 5.72. The molecule has 1 aliphatic heterocycles. The summed E-state index contributed by atoms with van der Waals surface area (Å²) < 4.78 is 11.1. The Labute approximate surface area is 96.5 Å². The predicted molar refractivity (Wildman–Crippen MR) is 64.1 cm³/mol. The molecule has 0 saturated heterocycles. The quantitative estimate of drug-likeness (QED) is 0.848. The minimum absolute atomic E-state index is 0.130. The third-order valence-electron chi connectivity index (χ3n) is 2.84. The Balaban J connectivity index is 2.34. The van der Waals surface area contributed by atoms with Crippen molar-refractivity contribution in [3.8, 4) is 11.5 Å². The van der Waals surface area contributed by atoms with Crippen LogP contribution in [0.15, 0.2) is 12.1 Å². The molecule has 0 bridgehead atoms. The van der Waals surface area contributed by atoms with Crippen molar-refractivity contribution in [2.75, 3.05) is 7.11 Å². The monoisotopic (exact) mass is 221 g/mol. The van der Waals surface area contributed by atoms with E-state index in [2.05, 4.69) is 19.1 Å². The van der Waals surface area contributed by atoms with Crippen LogP contribution in [0.4, 0.5) is 0 Å². The van der Waals surface area contributed by atoms with Crippen molar-refractivity contribution in [3.05, 3.63) is 23.3 Å². The maximum atomic E-state index is 5.82. The molecule has 0 radical (unpaired) electrons. The Kier molecular flexibility index (Phi) is 3.06. The first-order chi connectivity index (χ1) is 7.60. The van der Waals surface area contributed by atoms with Crippen molar-refractivity contribution < 1.29 is 9.47 Å². The lowest BCUT2D eigenvalue weighted by atomic mass is 10.0. The molecular weight excluding hydrogens is 202 g/mol. The van der Waals surface area contributed by atoms with Gasteiger partial charge >= 0.3 is 0 Å². The molecule has 2 rings (SSSR count). The molecule has 0 aliphatic carbocycles. The molecule has 88 valence electrons. The molecule has 1 heterocycles. The number of hydrogen-bond donors (Lipinski definition) is 1. The summed E-state index contributed by atoms with van der Waals surface area (Å²) >= 11 is 0. The molecule has 1 aromatic rings. The van der Waals surface area contributed by atoms with Crippen molar-refractivity contribution >= 4 is 0 Å². The fourth-order valence-electron chi connectivity index (χ4n) is 2.18. The Morgan fingerprint density at radius 2 is 2.31 bits per heavy atom. The molecule has 0 amide bonds. The number of nitrogens with two attached hydrogens (primary N) is 1. The van der Waals surface area contributed by atoms with E-state index in [1.807, 2.05) is 6.92 Å². The molecule has 2 N–H and O–H groups in total. The van der Waals surface area contributed by atoms with Gasteiger partial charge < -0.3 is 15.2 Å². The van der Waals surface area contributed by atoms with Crippen LogP contribution in [0.1, 0.15) is 25.0 Å². The maximum Gasteiger partial charge on any atom is 0.123 e. The first-order valence-electron chi connectivity index (χ1n) is 5.72. The summed E-state index contributed by atoms with van der Waals surface area (Å²) in [4.78, 5) is 0. The molecule has 0 spiro atoms. The molecule has 3 heteroatoms. The van der Waals surface area contributed by atoms with Gasteiger partial charge in [0.05, 0.1) is 7.11 Å². The van der Waals surface area contributed by atoms with Crippen LogP contribution >= 0.6 is 0 Å². The number of ether oxygens (including phenoxy) is 2. The van der Waals surface area contributed by atoms with Crippen molar-refractivity contribution in [3.63, 3.8) is 0 Å². The van der Waals surface area contributed by atoms with Gasteiger partial charge in [-0.2, -0.15) is 0 Å². The van der Waals surface area contributed by atoms with E-state index >= 15 is 0 Å². The van der Waals surface area contributed by atoms with Crippen LogP contribution in [0.25, 0.3) is 0 Å². The fourth-order valence-corrected chi connectivity index (χ4v) is 2.18. The molecule has 0 fully saturated rings. The van der Waals surface area contributed by atoms with Gasteiger partial charge in [0.1, 0.15) is 17.6 Å². The molecule has 2 atom stereocenters. The number of hydrogen-bond acceptors (Lipinski definition) is 3. The van der Waals surface area contributed by atoms with E-state index in [9.17, 15) is 0 Å². The molecule has 0 aromatic heterocycles. The standard InChI is InChI=1S/C13H19NO2/c1-8(14)4-10-7-13-11(5-9(2)16-13)6-12(10)15-3/h6-9H,4-5,14H2,1-3H3. The van der Waals surface area contributed by atoms with E-state index in [1.165, 1.54) is 5.56 Å². The average Bonchev–Trinajstić information content (AvgIpc) is 2.55. The number of methoxy groups -OCH3 is 1. The van der Waals surface area contributed by atoms with Crippen LogP contribution in [-0.4, -0.2) is 19.3 Å². The Hall–Kier alpha value is -1.22. The minimum atomic E-state index is 0.130. The number of rotatable bonds is 3. The van der Waals surface area contributed by atoms with Crippen molar-refractivity contribution in [1.82, 2.24) is 0 Å². The molecule has 1 aromatic carbocycles. The summed E-state index contributed by atoms with van der Waals surface area (Å²) in [5, 5.41) is 0. The smallest absolute Gasteiger partial charge is 0.123 e. The molecule has 0 saturated carbocycles. The maximum absolute atomic E-state index is 5.82. The highest BCUT2D eigenvalue weighted by Crippen LogP contribution is 2.35. The van der Waals surface area contributed by atoms with Gasteiger partial charge in [-0.05, 0) is 38.0 Å². The zero-order valence-electron chi connectivity index (χ0n) is 10.1. The minimum Gasteiger partial charge on any atom is -0.496 e. The molecule has 16 heavy (non-hydrogen) atoms.